The Morgan fingerprint density at radius 1 is 1.08 bits per heavy atom. The summed E-state index contributed by atoms with van der Waals surface area (Å²) in [5, 5.41) is 9.44. The van der Waals surface area contributed by atoms with Gasteiger partial charge in [0.2, 0.25) is 0 Å². The third-order valence-electron chi connectivity index (χ3n) is 3.58. The van der Waals surface area contributed by atoms with E-state index in [0.29, 0.717) is 6.61 Å². The number of para-hydroxylation sites is 1. The SMILES string of the molecule is COc1ccccc1-c1nnc(SCCOc2ccc(Br)cc2)n1C. The molecule has 0 amide bonds. The highest BCUT2D eigenvalue weighted by Crippen LogP contribution is 2.29. The van der Waals surface area contributed by atoms with Crippen molar-refractivity contribution < 1.29 is 9.47 Å². The highest BCUT2D eigenvalue weighted by Gasteiger charge is 2.14. The lowest BCUT2D eigenvalue weighted by Gasteiger charge is -2.08. The predicted octanol–water partition coefficient (Wildman–Crippen LogP) is 4.42. The molecule has 0 unspecified atom stereocenters. The molecule has 0 aliphatic heterocycles. The highest BCUT2D eigenvalue weighted by atomic mass is 79.9. The van der Waals surface area contributed by atoms with E-state index >= 15 is 0 Å². The Labute approximate surface area is 159 Å². The Morgan fingerprint density at radius 3 is 2.60 bits per heavy atom. The molecular weight excluding hydrogens is 402 g/mol. The van der Waals surface area contributed by atoms with Crippen molar-refractivity contribution in [2.24, 2.45) is 7.05 Å². The molecule has 0 spiro atoms. The van der Waals surface area contributed by atoms with E-state index < -0.39 is 0 Å². The van der Waals surface area contributed by atoms with E-state index in [2.05, 4.69) is 26.1 Å². The second kappa shape index (κ2) is 8.40. The van der Waals surface area contributed by atoms with Gasteiger partial charge in [0.15, 0.2) is 11.0 Å². The van der Waals surface area contributed by atoms with E-state index in [1.54, 1.807) is 18.9 Å². The van der Waals surface area contributed by atoms with Crippen molar-refractivity contribution in [3.05, 3.63) is 53.0 Å². The zero-order valence-corrected chi connectivity index (χ0v) is 16.4. The molecule has 130 valence electrons. The van der Waals surface area contributed by atoms with Crippen LogP contribution < -0.4 is 9.47 Å². The fourth-order valence-corrected chi connectivity index (χ4v) is 3.32. The summed E-state index contributed by atoms with van der Waals surface area (Å²) in [7, 11) is 3.62. The van der Waals surface area contributed by atoms with Crippen molar-refractivity contribution in [1.82, 2.24) is 14.8 Å². The van der Waals surface area contributed by atoms with Crippen molar-refractivity contribution in [2.75, 3.05) is 19.5 Å². The second-order valence-electron chi connectivity index (χ2n) is 5.22. The summed E-state index contributed by atoms with van der Waals surface area (Å²) >= 11 is 5.02. The first kappa shape index (κ1) is 17.8. The van der Waals surface area contributed by atoms with Crippen molar-refractivity contribution in [1.29, 1.82) is 0 Å². The molecule has 0 saturated heterocycles. The lowest BCUT2D eigenvalue weighted by Crippen LogP contribution is -2.02. The molecule has 0 aliphatic rings. The first-order valence-corrected chi connectivity index (χ1v) is 9.51. The molecule has 0 saturated carbocycles. The number of aromatic nitrogens is 3. The summed E-state index contributed by atoms with van der Waals surface area (Å²) in [6.07, 6.45) is 0. The lowest BCUT2D eigenvalue weighted by molar-refractivity contribution is 0.344. The number of rotatable bonds is 7. The summed E-state index contributed by atoms with van der Waals surface area (Å²) < 4.78 is 14.2. The van der Waals surface area contributed by atoms with Crippen molar-refractivity contribution >= 4 is 27.7 Å². The number of benzene rings is 2. The van der Waals surface area contributed by atoms with Crippen LogP contribution in [-0.4, -0.2) is 34.2 Å². The molecule has 1 heterocycles. The minimum absolute atomic E-state index is 0.600. The highest BCUT2D eigenvalue weighted by molar-refractivity contribution is 9.10. The molecule has 0 atom stereocenters. The molecule has 7 heteroatoms. The van der Waals surface area contributed by atoms with E-state index in [-0.39, 0.29) is 0 Å². The van der Waals surface area contributed by atoms with Crippen LogP contribution in [0.5, 0.6) is 11.5 Å². The van der Waals surface area contributed by atoms with Crippen LogP contribution in [0.15, 0.2) is 58.2 Å². The van der Waals surface area contributed by atoms with Gasteiger partial charge in [0, 0.05) is 17.3 Å². The molecule has 0 aliphatic carbocycles. The van der Waals surface area contributed by atoms with Crippen LogP contribution in [0.4, 0.5) is 0 Å². The van der Waals surface area contributed by atoms with Crippen LogP contribution in [0.2, 0.25) is 0 Å². The molecule has 5 nitrogen and oxygen atoms in total. The van der Waals surface area contributed by atoms with Gasteiger partial charge in [-0.2, -0.15) is 0 Å². The number of thioether (sulfide) groups is 1. The Balaban J connectivity index is 1.61. The smallest absolute Gasteiger partial charge is 0.191 e. The third kappa shape index (κ3) is 4.35. The Bertz CT molecular complexity index is 837. The van der Waals surface area contributed by atoms with Crippen LogP contribution in [-0.2, 0) is 7.05 Å². The Hall–Kier alpha value is -1.99. The predicted molar refractivity (Wildman–Crippen MR) is 103 cm³/mol. The van der Waals surface area contributed by atoms with Crippen LogP contribution in [0.3, 0.4) is 0 Å². The van der Waals surface area contributed by atoms with Gasteiger partial charge in [-0.05, 0) is 36.4 Å². The molecule has 0 bridgehead atoms. The topological polar surface area (TPSA) is 49.2 Å². The molecule has 0 fully saturated rings. The van der Waals surface area contributed by atoms with Gasteiger partial charge in [0.25, 0.3) is 0 Å². The maximum Gasteiger partial charge on any atom is 0.191 e. The molecule has 25 heavy (non-hydrogen) atoms. The van der Waals surface area contributed by atoms with Crippen molar-refractivity contribution in [3.63, 3.8) is 0 Å². The Morgan fingerprint density at radius 2 is 1.84 bits per heavy atom. The normalized spacial score (nSPS) is 10.7. The zero-order valence-electron chi connectivity index (χ0n) is 14.0. The molecule has 3 aromatic rings. The maximum absolute atomic E-state index is 5.73. The van der Waals surface area contributed by atoms with Gasteiger partial charge in [-0.1, -0.05) is 39.8 Å². The molecular formula is C18H18BrN3O2S. The van der Waals surface area contributed by atoms with Gasteiger partial charge in [0.05, 0.1) is 19.3 Å². The van der Waals surface area contributed by atoms with E-state index in [4.69, 9.17) is 9.47 Å². The number of halogens is 1. The molecule has 0 N–H and O–H groups in total. The number of ether oxygens (including phenoxy) is 2. The average molecular weight is 420 g/mol. The monoisotopic (exact) mass is 419 g/mol. The third-order valence-corrected chi connectivity index (χ3v) is 5.09. The standard InChI is InChI=1S/C18H18BrN3O2S/c1-22-17(15-5-3-4-6-16(15)23-2)20-21-18(22)25-12-11-24-14-9-7-13(19)8-10-14/h3-10H,11-12H2,1-2H3. The van der Waals surface area contributed by atoms with E-state index in [0.717, 1.165) is 38.3 Å². The van der Waals surface area contributed by atoms with E-state index in [1.165, 1.54) is 0 Å². The summed E-state index contributed by atoms with van der Waals surface area (Å²) in [5.74, 6) is 3.21. The molecule has 3 rings (SSSR count). The minimum atomic E-state index is 0.600. The summed E-state index contributed by atoms with van der Waals surface area (Å²) in [6.45, 7) is 0.600. The minimum Gasteiger partial charge on any atom is -0.496 e. The van der Waals surface area contributed by atoms with Gasteiger partial charge in [-0.3, -0.25) is 0 Å². The van der Waals surface area contributed by atoms with E-state index in [9.17, 15) is 0 Å². The van der Waals surface area contributed by atoms with Crippen LogP contribution in [0, 0.1) is 0 Å². The van der Waals surface area contributed by atoms with Gasteiger partial charge in [-0.15, -0.1) is 10.2 Å². The quantitative estimate of drug-likeness (QED) is 0.418. The van der Waals surface area contributed by atoms with Crippen LogP contribution in [0.1, 0.15) is 0 Å². The Kier molecular flexibility index (Phi) is 5.99. The summed E-state index contributed by atoms with van der Waals surface area (Å²) in [5.41, 5.74) is 0.929. The number of nitrogens with zero attached hydrogens (tertiary/aromatic N) is 3. The first-order chi connectivity index (χ1) is 12.2. The molecule has 2 aromatic carbocycles. The van der Waals surface area contributed by atoms with Gasteiger partial charge < -0.3 is 14.0 Å². The fourth-order valence-electron chi connectivity index (χ4n) is 2.33. The largest absolute Gasteiger partial charge is 0.496 e. The lowest BCUT2D eigenvalue weighted by atomic mass is 10.2. The summed E-state index contributed by atoms with van der Waals surface area (Å²) in [4.78, 5) is 0. The van der Waals surface area contributed by atoms with Crippen LogP contribution in [0.25, 0.3) is 11.4 Å². The molecule has 0 radical (unpaired) electrons. The van der Waals surface area contributed by atoms with Gasteiger partial charge >= 0.3 is 0 Å². The number of methoxy groups -OCH3 is 1. The van der Waals surface area contributed by atoms with Gasteiger partial charge in [-0.25, -0.2) is 0 Å². The number of hydrogen-bond acceptors (Lipinski definition) is 5. The van der Waals surface area contributed by atoms with Crippen molar-refractivity contribution in [2.45, 2.75) is 5.16 Å². The van der Waals surface area contributed by atoms with Gasteiger partial charge in [0.1, 0.15) is 11.5 Å². The second-order valence-corrected chi connectivity index (χ2v) is 7.19. The fraction of sp³-hybridized carbons (Fsp3) is 0.222. The number of hydrogen-bond donors (Lipinski definition) is 0. The van der Waals surface area contributed by atoms with Crippen LogP contribution >= 0.6 is 27.7 Å². The molecule has 1 aromatic heterocycles. The summed E-state index contributed by atoms with van der Waals surface area (Å²) in [6, 6.07) is 15.6. The zero-order chi connectivity index (χ0) is 17.6. The average Bonchev–Trinajstić information content (AvgIpc) is 3.00. The van der Waals surface area contributed by atoms with Crippen molar-refractivity contribution in [3.8, 4) is 22.9 Å². The maximum atomic E-state index is 5.73. The van der Waals surface area contributed by atoms with E-state index in [1.807, 2.05) is 60.1 Å². The first-order valence-electron chi connectivity index (χ1n) is 7.73.